The molecule has 3 nitrogen and oxygen atoms in total. The van der Waals surface area contributed by atoms with Crippen molar-refractivity contribution in [3.8, 4) is 0 Å². The van der Waals surface area contributed by atoms with Crippen LogP contribution in [0, 0.1) is 5.41 Å². The van der Waals surface area contributed by atoms with Crippen LogP contribution in [0.3, 0.4) is 0 Å². The van der Waals surface area contributed by atoms with Gasteiger partial charge in [-0.3, -0.25) is 4.68 Å². The van der Waals surface area contributed by atoms with Crippen molar-refractivity contribution >= 4 is 5.69 Å². The molecular formula is C12H21N3. The largest absolute Gasteiger partial charge is 0.379 e. The minimum absolute atomic E-state index is 0.515. The van der Waals surface area contributed by atoms with Crippen LogP contribution >= 0.6 is 0 Å². The van der Waals surface area contributed by atoms with Gasteiger partial charge in [0.05, 0.1) is 11.4 Å². The molecule has 1 aromatic rings. The highest BCUT2D eigenvalue weighted by Crippen LogP contribution is 2.48. The lowest BCUT2D eigenvalue weighted by Gasteiger charge is -2.21. The van der Waals surface area contributed by atoms with Crippen molar-refractivity contribution in [3.05, 3.63) is 11.9 Å². The van der Waals surface area contributed by atoms with Gasteiger partial charge in [-0.25, -0.2) is 0 Å². The maximum atomic E-state index is 4.44. The zero-order chi connectivity index (χ0) is 11.1. The molecule has 2 rings (SSSR count). The first-order valence-electron chi connectivity index (χ1n) is 5.84. The molecule has 1 aromatic heterocycles. The molecule has 1 unspecified atom stereocenters. The molecule has 84 valence electrons. The summed E-state index contributed by atoms with van der Waals surface area (Å²) in [6, 6.07) is 0.548. The van der Waals surface area contributed by atoms with Crippen molar-refractivity contribution in [1.29, 1.82) is 0 Å². The highest BCUT2D eigenvalue weighted by atomic mass is 15.3. The predicted molar refractivity (Wildman–Crippen MR) is 63.0 cm³/mol. The van der Waals surface area contributed by atoms with Crippen LogP contribution in [0.1, 0.15) is 39.3 Å². The van der Waals surface area contributed by atoms with Gasteiger partial charge in [0, 0.05) is 19.3 Å². The molecule has 3 heteroatoms. The van der Waals surface area contributed by atoms with Crippen LogP contribution in [-0.4, -0.2) is 15.8 Å². The van der Waals surface area contributed by atoms with Gasteiger partial charge in [0.1, 0.15) is 0 Å². The number of nitrogens with zero attached hydrogens (tertiary/aromatic N) is 2. The van der Waals surface area contributed by atoms with Gasteiger partial charge in [0.15, 0.2) is 0 Å². The second-order valence-corrected chi connectivity index (χ2v) is 5.04. The second-order valence-electron chi connectivity index (χ2n) is 5.04. The Labute approximate surface area is 91.9 Å². The zero-order valence-corrected chi connectivity index (χ0v) is 10.2. The Morgan fingerprint density at radius 3 is 2.80 bits per heavy atom. The minimum Gasteiger partial charge on any atom is -0.379 e. The van der Waals surface area contributed by atoms with E-state index in [2.05, 4.69) is 37.4 Å². The average Bonchev–Trinajstić information content (AvgIpc) is 2.83. The monoisotopic (exact) mass is 207 g/mol. The summed E-state index contributed by atoms with van der Waals surface area (Å²) in [5.41, 5.74) is 2.90. The fourth-order valence-electron chi connectivity index (χ4n) is 1.95. The van der Waals surface area contributed by atoms with Crippen LogP contribution in [0.5, 0.6) is 0 Å². The van der Waals surface area contributed by atoms with E-state index in [1.54, 1.807) is 0 Å². The van der Waals surface area contributed by atoms with E-state index in [1.807, 2.05) is 11.7 Å². The van der Waals surface area contributed by atoms with E-state index in [4.69, 9.17) is 0 Å². The summed E-state index contributed by atoms with van der Waals surface area (Å²) < 4.78 is 1.89. The first-order valence-corrected chi connectivity index (χ1v) is 5.84. The SMILES string of the molecule is CCc1nn(C)cc1NC(C)C1(C)CC1. The van der Waals surface area contributed by atoms with Gasteiger partial charge in [0.25, 0.3) is 0 Å². The number of rotatable bonds is 4. The van der Waals surface area contributed by atoms with Gasteiger partial charge in [-0.15, -0.1) is 0 Å². The van der Waals surface area contributed by atoms with Crippen molar-refractivity contribution in [2.75, 3.05) is 5.32 Å². The molecule has 1 fully saturated rings. The van der Waals surface area contributed by atoms with Crippen LogP contribution in [0.25, 0.3) is 0 Å². The smallest absolute Gasteiger partial charge is 0.0853 e. The van der Waals surface area contributed by atoms with Crippen molar-refractivity contribution in [3.63, 3.8) is 0 Å². The lowest BCUT2D eigenvalue weighted by Crippen LogP contribution is -2.25. The normalized spacial score (nSPS) is 20.0. The summed E-state index contributed by atoms with van der Waals surface area (Å²) in [6.45, 7) is 6.78. The van der Waals surface area contributed by atoms with Gasteiger partial charge in [-0.05, 0) is 31.6 Å². The Bertz CT molecular complexity index is 350. The molecule has 1 heterocycles. The minimum atomic E-state index is 0.515. The lowest BCUT2D eigenvalue weighted by molar-refractivity contribution is 0.493. The topological polar surface area (TPSA) is 29.9 Å². The molecule has 0 saturated heterocycles. The Balaban J connectivity index is 2.09. The van der Waals surface area contributed by atoms with E-state index >= 15 is 0 Å². The van der Waals surface area contributed by atoms with Gasteiger partial charge in [-0.2, -0.15) is 5.10 Å². The quantitative estimate of drug-likeness (QED) is 0.822. The molecule has 1 atom stereocenters. The van der Waals surface area contributed by atoms with Crippen molar-refractivity contribution in [1.82, 2.24) is 9.78 Å². The van der Waals surface area contributed by atoms with Gasteiger partial charge >= 0.3 is 0 Å². The van der Waals surface area contributed by atoms with E-state index < -0.39 is 0 Å². The van der Waals surface area contributed by atoms with Gasteiger partial charge in [-0.1, -0.05) is 13.8 Å². The van der Waals surface area contributed by atoms with Crippen LogP contribution in [-0.2, 0) is 13.5 Å². The molecule has 0 amide bonds. The number of aromatic nitrogens is 2. The van der Waals surface area contributed by atoms with E-state index in [-0.39, 0.29) is 0 Å². The van der Waals surface area contributed by atoms with Gasteiger partial charge < -0.3 is 5.32 Å². The number of anilines is 1. The molecule has 0 aromatic carbocycles. The van der Waals surface area contributed by atoms with E-state index in [0.717, 1.165) is 6.42 Å². The first kappa shape index (κ1) is 10.5. The summed E-state index contributed by atoms with van der Waals surface area (Å²) in [6.07, 6.45) is 5.78. The molecule has 0 bridgehead atoms. The Morgan fingerprint density at radius 1 is 1.60 bits per heavy atom. The third-order valence-electron chi connectivity index (χ3n) is 3.70. The number of nitrogens with one attached hydrogen (secondary N) is 1. The second kappa shape index (κ2) is 3.54. The van der Waals surface area contributed by atoms with Crippen LogP contribution < -0.4 is 5.32 Å². The van der Waals surface area contributed by atoms with Crippen LogP contribution in [0.2, 0.25) is 0 Å². The van der Waals surface area contributed by atoms with Crippen molar-refractivity contribution in [2.24, 2.45) is 12.5 Å². The zero-order valence-electron chi connectivity index (χ0n) is 10.2. The first-order chi connectivity index (χ1) is 7.05. The number of hydrogen-bond donors (Lipinski definition) is 1. The predicted octanol–water partition coefficient (Wildman–Crippen LogP) is 2.58. The van der Waals surface area contributed by atoms with Crippen molar-refractivity contribution < 1.29 is 0 Å². The molecule has 1 N–H and O–H groups in total. The molecule has 0 spiro atoms. The molecule has 1 aliphatic rings. The number of hydrogen-bond acceptors (Lipinski definition) is 2. The van der Waals surface area contributed by atoms with Crippen molar-refractivity contribution in [2.45, 2.75) is 46.1 Å². The molecule has 1 aliphatic carbocycles. The average molecular weight is 207 g/mol. The number of aryl methyl sites for hydroxylation is 2. The van der Waals surface area contributed by atoms with E-state index in [1.165, 1.54) is 24.2 Å². The summed E-state index contributed by atoms with van der Waals surface area (Å²) in [5, 5.41) is 8.04. The Hall–Kier alpha value is -0.990. The van der Waals surface area contributed by atoms with E-state index in [0.29, 0.717) is 11.5 Å². The molecular weight excluding hydrogens is 186 g/mol. The van der Waals surface area contributed by atoms with E-state index in [9.17, 15) is 0 Å². The Kier molecular flexibility index (Phi) is 2.49. The summed E-state index contributed by atoms with van der Waals surface area (Å²) >= 11 is 0. The standard InChI is InChI=1S/C12H21N3/c1-5-10-11(8-15(4)14-10)13-9(2)12(3)6-7-12/h8-9,13H,5-7H2,1-4H3. The van der Waals surface area contributed by atoms with Gasteiger partial charge in [0.2, 0.25) is 0 Å². The fraction of sp³-hybridized carbons (Fsp3) is 0.750. The summed E-state index contributed by atoms with van der Waals surface area (Å²) in [5.74, 6) is 0. The lowest BCUT2D eigenvalue weighted by atomic mass is 10.0. The van der Waals surface area contributed by atoms with Crippen LogP contribution in [0.15, 0.2) is 6.20 Å². The molecule has 0 radical (unpaired) electrons. The summed E-state index contributed by atoms with van der Waals surface area (Å²) in [4.78, 5) is 0. The highest BCUT2D eigenvalue weighted by molar-refractivity contribution is 5.47. The third kappa shape index (κ3) is 2.01. The van der Waals surface area contributed by atoms with Crippen LogP contribution in [0.4, 0.5) is 5.69 Å². The molecule has 1 saturated carbocycles. The maximum absolute atomic E-state index is 4.44. The highest BCUT2D eigenvalue weighted by Gasteiger charge is 2.42. The summed E-state index contributed by atoms with van der Waals surface area (Å²) in [7, 11) is 1.98. The maximum Gasteiger partial charge on any atom is 0.0853 e. The molecule has 15 heavy (non-hydrogen) atoms. The fourth-order valence-corrected chi connectivity index (χ4v) is 1.95. The third-order valence-corrected chi connectivity index (χ3v) is 3.70. The Morgan fingerprint density at radius 2 is 2.27 bits per heavy atom. The molecule has 0 aliphatic heterocycles.